The van der Waals surface area contributed by atoms with Gasteiger partial charge in [-0.1, -0.05) is 12.1 Å². The Bertz CT molecular complexity index is 640. The third kappa shape index (κ3) is 1.97. The number of aryl methyl sites for hydroxylation is 3. The van der Waals surface area contributed by atoms with Gasteiger partial charge in [0.15, 0.2) is 0 Å². The van der Waals surface area contributed by atoms with Crippen molar-refractivity contribution in [2.45, 2.75) is 46.2 Å². The van der Waals surface area contributed by atoms with Crippen LogP contribution in [0.5, 0.6) is 0 Å². The second-order valence-corrected chi connectivity index (χ2v) is 5.66. The van der Waals surface area contributed by atoms with E-state index in [1.165, 1.54) is 40.8 Å². The van der Waals surface area contributed by atoms with E-state index < -0.39 is 0 Å². The lowest BCUT2D eigenvalue weighted by molar-refractivity contribution is 0.590. The van der Waals surface area contributed by atoms with E-state index in [2.05, 4.69) is 61.1 Å². The number of nitrogens with zero attached hydrogens (tertiary/aromatic N) is 2. The van der Waals surface area contributed by atoms with Crippen LogP contribution in [-0.2, 0) is 13.0 Å². The van der Waals surface area contributed by atoms with Crippen LogP contribution in [0.25, 0.3) is 11.1 Å². The van der Waals surface area contributed by atoms with Gasteiger partial charge in [0, 0.05) is 23.8 Å². The van der Waals surface area contributed by atoms with Crippen LogP contribution in [0.1, 0.15) is 41.9 Å². The van der Waals surface area contributed by atoms with Gasteiger partial charge in [-0.3, -0.25) is 4.68 Å². The molecule has 1 aromatic carbocycles. The second-order valence-electron chi connectivity index (χ2n) is 5.66. The van der Waals surface area contributed by atoms with Crippen LogP contribution in [-0.4, -0.2) is 16.8 Å². The molecule has 1 unspecified atom stereocenters. The molecule has 1 atom stereocenters. The lowest BCUT2D eigenvalue weighted by Crippen LogP contribution is -2.12. The van der Waals surface area contributed by atoms with Crippen molar-refractivity contribution in [1.82, 2.24) is 15.1 Å². The van der Waals surface area contributed by atoms with E-state index in [9.17, 15) is 0 Å². The molecule has 106 valence electrons. The maximum absolute atomic E-state index is 4.64. The highest BCUT2D eigenvalue weighted by molar-refractivity contribution is 5.70. The van der Waals surface area contributed by atoms with Crippen LogP contribution in [0.2, 0.25) is 0 Å². The Morgan fingerprint density at radius 2 is 2.15 bits per heavy atom. The van der Waals surface area contributed by atoms with E-state index >= 15 is 0 Å². The predicted molar refractivity (Wildman–Crippen MR) is 82.9 cm³/mol. The predicted octanol–water partition coefficient (Wildman–Crippen LogP) is 3.39. The molecule has 3 heteroatoms. The lowest BCUT2D eigenvalue weighted by atomic mass is 9.98. The summed E-state index contributed by atoms with van der Waals surface area (Å²) < 4.78 is 2.09. The fourth-order valence-electron chi connectivity index (χ4n) is 3.48. The Balaban J connectivity index is 2.10. The Kier molecular flexibility index (Phi) is 3.38. The molecule has 1 aliphatic rings. The third-order valence-corrected chi connectivity index (χ3v) is 4.54. The molecule has 1 N–H and O–H groups in total. The van der Waals surface area contributed by atoms with E-state index in [-0.39, 0.29) is 0 Å². The normalized spacial score (nSPS) is 17.5. The highest BCUT2D eigenvalue weighted by Crippen LogP contribution is 2.35. The van der Waals surface area contributed by atoms with Crippen LogP contribution in [0.3, 0.4) is 0 Å². The SMILES string of the molecule is CCn1nc(C)c(-c2ccc3c(c2)C(NC)CC3)c1C. The number of aromatic nitrogens is 2. The first-order valence-corrected chi connectivity index (χ1v) is 7.50. The van der Waals surface area contributed by atoms with Crippen LogP contribution in [0.15, 0.2) is 18.2 Å². The molecule has 20 heavy (non-hydrogen) atoms. The molecule has 0 spiro atoms. The van der Waals surface area contributed by atoms with Crippen LogP contribution in [0, 0.1) is 13.8 Å². The molecule has 0 bridgehead atoms. The van der Waals surface area contributed by atoms with Gasteiger partial charge in [-0.2, -0.15) is 5.10 Å². The van der Waals surface area contributed by atoms with Gasteiger partial charge in [-0.05, 0) is 63.4 Å². The van der Waals surface area contributed by atoms with Crippen molar-refractivity contribution >= 4 is 0 Å². The molecule has 3 rings (SSSR count). The van der Waals surface area contributed by atoms with Crippen molar-refractivity contribution in [1.29, 1.82) is 0 Å². The number of rotatable bonds is 3. The second kappa shape index (κ2) is 5.06. The Hall–Kier alpha value is -1.61. The van der Waals surface area contributed by atoms with E-state index in [0.717, 1.165) is 12.2 Å². The summed E-state index contributed by atoms with van der Waals surface area (Å²) in [7, 11) is 2.05. The standard InChI is InChI=1S/C17H23N3/c1-5-20-12(3)17(11(2)19-20)14-7-6-13-8-9-16(18-4)15(13)10-14/h6-7,10,16,18H,5,8-9H2,1-4H3. The molecule has 2 aromatic rings. The molecule has 0 amide bonds. The van der Waals surface area contributed by atoms with Gasteiger partial charge in [0.2, 0.25) is 0 Å². The third-order valence-electron chi connectivity index (χ3n) is 4.54. The topological polar surface area (TPSA) is 29.9 Å². The van der Waals surface area contributed by atoms with Crippen molar-refractivity contribution in [2.24, 2.45) is 0 Å². The lowest BCUT2D eigenvalue weighted by Gasteiger charge is -2.12. The fourth-order valence-corrected chi connectivity index (χ4v) is 3.48. The van der Waals surface area contributed by atoms with Gasteiger partial charge in [-0.15, -0.1) is 0 Å². The average Bonchev–Trinajstić information content (AvgIpc) is 2.98. The largest absolute Gasteiger partial charge is 0.313 e. The van der Waals surface area contributed by atoms with Gasteiger partial charge in [-0.25, -0.2) is 0 Å². The Morgan fingerprint density at radius 3 is 2.80 bits per heavy atom. The van der Waals surface area contributed by atoms with Crippen LogP contribution < -0.4 is 5.32 Å². The summed E-state index contributed by atoms with van der Waals surface area (Å²) in [6.07, 6.45) is 2.40. The van der Waals surface area contributed by atoms with Gasteiger partial charge in [0.1, 0.15) is 0 Å². The minimum absolute atomic E-state index is 0.506. The van der Waals surface area contributed by atoms with Gasteiger partial charge in [0.25, 0.3) is 0 Å². The zero-order valence-electron chi connectivity index (χ0n) is 12.8. The summed E-state index contributed by atoms with van der Waals surface area (Å²) in [5.41, 5.74) is 7.96. The summed E-state index contributed by atoms with van der Waals surface area (Å²) in [4.78, 5) is 0. The molecule has 0 aliphatic heterocycles. The fraction of sp³-hybridized carbons (Fsp3) is 0.471. The van der Waals surface area contributed by atoms with Gasteiger partial charge >= 0.3 is 0 Å². The minimum Gasteiger partial charge on any atom is -0.313 e. The first-order valence-electron chi connectivity index (χ1n) is 7.50. The number of hydrogen-bond donors (Lipinski definition) is 1. The highest BCUT2D eigenvalue weighted by Gasteiger charge is 2.22. The monoisotopic (exact) mass is 269 g/mol. The summed E-state index contributed by atoms with van der Waals surface area (Å²) in [5.74, 6) is 0. The summed E-state index contributed by atoms with van der Waals surface area (Å²) in [6, 6.07) is 7.42. The van der Waals surface area contributed by atoms with Crippen molar-refractivity contribution in [3.05, 3.63) is 40.7 Å². The van der Waals surface area contributed by atoms with Gasteiger partial charge < -0.3 is 5.32 Å². The maximum Gasteiger partial charge on any atom is 0.0674 e. The highest BCUT2D eigenvalue weighted by atomic mass is 15.3. The van der Waals surface area contributed by atoms with Crippen molar-refractivity contribution in [2.75, 3.05) is 7.05 Å². The van der Waals surface area contributed by atoms with Crippen molar-refractivity contribution in [3.63, 3.8) is 0 Å². The number of fused-ring (bicyclic) bond motifs is 1. The molecule has 1 aromatic heterocycles. The molecule has 3 nitrogen and oxygen atoms in total. The molecular weight excluding hydrogens is 246 g/mol. The molecule has 0 radical (unpaired) electrons. The van der Waals surface area contributed by atoms with E-state index in [0.29, 0.717) is 6.04 Å². The van der Waals surface area contributed by atoms with E-state index in [4.69, 9.17) is 0 Å². The quantitative estimate of drug-likeness (QED) is 0.925. The molecule has 0 saturated heterocycles. The zero-order chi connectivity index (χ0) is 14.3. The smallest absolute Gasteiger partial charge is 0.0674 e. The molecule has 0 saturated carbocycles. The van der Waals surface area contributed by atoms with Crippen molar-refractivity contribution in [3.8, 4) is 11.1 Å². The molecule has 1 aliphatic carbocycles. The Labute approximate surface area is 121 Å². The zero-order valence-corrected chi connectivity index (χ0v) is 12.8. The molecule has 0 fully saturated rings. The van der Waals surface area contributed by atoms with Crippen LogP contribution in [0.4, 0.5) is 0 Å². The molecular formula is C17H23N3. The Morgan fingerprint density at radius 1 is 1.35 bits per heavy atom. The summed E-state index contributed by atoms with van der Waals surface area (Å²) in [5, 5.41) is 8.06. The number of benzene rings is 1. The minimum atomic E-state index is 0.506. The maximum atomic E-state index is 4.64. The van der Waals surface area contributed by atoms with Crippen LogP contribution >= 0.6 is 0 Å². The number of nitrogens with one attached hydrogen (secondary N) is 1. The number of hydrogen-bond acceptors (Lipinski definition) is 2. The van der Waals surface area contributed by atoms with E-state index in [1.807, 2.05) is 0 Å². The first-order chi connectivity index (χ1) is 9.65. The first kappa shape index (κ1) is 13.4. The van der Waals surface area contributed by atoms with E-state index in [1.54, 1.807) is 0 Å². The summed E-state index contributed by atoms with van der Waals surface area (Å²) >= 11 is 0. The van der Waals surface area contributed by atoms with Crippen molar-refractivity contribution < 1.29 is 0 Å². The van der Waals surface area contributed by atoms with Gasteiger partial charge in [0.05, 0.1) is 5.69 Å². The molecule has 1 heterocycles. The average molecular weight is 269 g/mol. The summed E-state index contributed by atoms with van der Waals surface area (Å²) in [6.45, 7) is 7.35.